The highest BCUT2D eigenvalue weighted by atomic mass is 32.2. The highest BCUT2D eigenvalue weighted by Crippen LogP contribution is 2.34. The number of hydrogen-bond acceptors (Lipinski definition) is 8. The summed E-state index contributed by atoms with van der Waals surface area (Å²) in [6, 6.07) is 27.8. The van der Waals surface area contributed by atoms with Gasteiger partial charge in [-0.15, -0.1) is 0 Å². The van der Waals surface area contributed by atoms with Crippen LogP contribution in [0.4, 0.5) is 0 Å². The molecular formula is C33H45NO8SSi. The standard InChI is InChI=1S/C33H45NO8SSi/c1-44(2,3)20-19-43(37,38)34-32-31(41-23-28-17-11-6-12-18-28)30(40-22-27-15-9-5-10-16-27)29(42-33(32,36)25-35)24-39-21-26-13-7-4-8-14-26/h4-18,29-32,34-36H,19-25H2,1-3H3/t29-,30-,31+,32+,33+/m1/s1. The fraction of sp³-hybridized carbons (Fsp3) is 0.455. The summed E-state index contributed by atoms with van der Waals surface area (Å²) in [4.78, 5) is 0. The second-order valence-corrected chi connectivity index (χ2v) is 19.9. The molecule has 0 unspecified atom stereocenters. The molecule has 3 N–H and O–H groups in total. The van der Waals surface area contributed by atoms with Crippen molar-refractivity contribution in [2.45, 2.75) is 75.6 Å². The van der Waals surface area contributed by atoms with Gasteiger partial charge in [-0.2, -0.15) is 0 Å². The van der Waals surface area contributed by atoms with E-state index in [2.05, 4.69) is 24.4 Å². The van der Waals surface area contributed by atoms with Gasteiger partial charge in [0.2, 0.25) is 15.8 Å². The van der Waals surface area contributed by atoms with Crippen LogP contribution in [0, 0.1) is 0 Å². The van der Waals surface area contributed by atoms with Gasteiger partial charge in [0.15, 0.2) is 0 Å². The first-order valence-electron chi connectivity index (χ1n) is 14.9. The molecule has 240 valence electrons. The third kappa shape index (κ3) is 10.3. The molecule has 5 atom stereocenters. The number of ether oxygens (including phenoxy) is 4. The molecule has 0 amide bonds. The monoisotopic (exact) mass is 643 g/mol. The largest absolute Gasteiger partial charge is 0.391 e. The summed E-state index contributed by atoms with van der Waals surface area (Å²) in [5.74, 6) is -2.42. The van der Waals surface area contributed by atoms with E-state index in [1.165, 1.54) is 0 Å². The first-order valence-corrected chi connectivity index (χ1v) is 20.3. The predicted molar refractivity (Wildman–Crippen MR) is 172 cm³/mol. The van der Waals surface area contributed by atoms with E-state index in [0.717, 1.165) is 16.7 Å². The number of aliphatic hydroxyl groups excluding tert-OH is 1. The van der Waals surface area contributed by atoms with E-state index in [4.69, 9.17) is 18.9 Å². The Morgan fingerprint density at radius 1 is 0.795 bits per heavy atom. The maximum Gasteiger partial charge on any atom is 0.211 e. The van der Waals surface area contributed by atoms with Gasteiger partial charge < -0.3 is 29.2 Å². The van der Waals surface area contributed by atoms with Gasteiger partial charge in [-0.1, -0.05) is 111 Å². The zero-order chi connectivity index (χ0) is 31.6. The van der Waals surface area contributed by atoms with Crippen molar-refractivity contribution in [3.05, 3.63) is 108 Å². The normalized spacial score (nSPS) is 24.3. The molecule has 0 aliphatic carbocycles. The van der Waals surface area contributed by atoms with E-state index in [0.29, 0.717) is 6.04 Å². The molecule has 0 radical (unpaired) electrons. The Morgan fingerprint density at radius 2 is 1.27 bits per heavy atom. The maximum atomic E-state index is 13.4. The number of benzene rings is 3. The zero-order valence-electron chi connectivity index (χ0n) is 25.7. The molecular weight excluding hydrogens is 599 g/mol. The topological polar surface area (TPSA) is 124 Å². The van der Waals surface area contributed by atoms with Crippen molar-refractivity contribution in [1.82, 2.24) is 4.72 Å². The molecule has 3 aromatic rings. The molecule has 9 nitrogen and oxygen atoms in total. The second-order valence-electron chi connectivity index (χ2n) is 12.4. The van der Waals surface area contributed by atoms with Crippen LogP contribution in [0.5, 0.6) is 0 Å². The molecule has 0 saturated carbocycles. The number of hydrogen-bond donors (Lipinski definition) is 3. The van der Waals surface area contributed by atoms with Gasteiger partial charge >= 0.3 is 0 Å². The third-order valence-corrected chi connectivity index (χ3v) is 10.9. The van der Waals surface area contributed by atoms with Gasteiger partial charge in [-0.3, -0.25) is 0 Å². The van der Waals surface area contributed by atoms with Crippen LogP contribution in [0.2, 0.25) is 25.7 Å². The molecule has 3 aromatic carbocycles. The lowest BCUT2D eigenvalue weighted by Gasteiger charge is -2.50. The van der Waals surface area contributed by atoms with Crippen LogP contribution >= 0.6 is 0 Å². The van der Waals surface area contributed by atoms with Crippen LogP contribution in [0.3, 0.4) is 0 Å². The molecule has 0 spiro atoms. The van der Waals surface area contributed by atoms with E-state index < -0.39 is 54.8 Å². The Balaban J connectivity index is 1.66. The number of nitrogens with one attached hydrogen (secondary N) is 1. The van der Waals surface area contributed by atoms with E-state index in [1.54, 1.807) is 0 Å². The van der Waals surface area contributed by atoms with Crippen LogP contribution in [-0.2, 0) is 48.8 Å². The molecule has 1 saturated heterocycles. The maximum absolute atomic E-state index is 13.4. The first kappa shape index (κ1) is 34.4. The minimum Gasteiger partial charge on any atom is -0.391 e. The minimum absolute atomic E-state index is 0.00302. The Labute approximate surface area is 262 Å². The van der Waals surface area contributed by atoms with Crippen molar-refractivity contribution in [3.63, 3.8) is 0 Å². The van der Waals surface area contributed by atoms with E-state index in [1.807, 2.05) is 91.0 Å². The fourth-order valence-corrected chi connectivity index (χ4v) is 9.32. The van der Waals surface area contributed by atoms with E-state index >= 15 is 0 Å². The van der Waals surface area contributed by atoms with Crippen molar-refractivity contribution < 1.29 is 37.6 Å². The average Bonchev–Trinajstić information content (AvgIpc) is 3.01. The highest BCUT2D eigenvalue weighted by Gasteiger charge is 2.56. The summed E-state index contributed by atoms with van der Waals surface area (Å²) in [7, 11) is -5.61. The molecule has 1 aliphatic heterocycles. The summed E-state index contributed by atoms with van der Waals surface area (Å²) < 4.78 is 54.4. The summed E-state index contributed by atoms with van der Waals surface area (Å²) in [5.41, 5.74) is 2.70. The molecule has 4 rings (SSSR count). The van der Waals surface area contributed by atoms with Crippen molar-refractivity contribution in [3.8, 4) is 0 Å². The Bertz CT molecular complexity index is 1380. The molecule has 1 aliphatic rings. The minimum atomic E-state index is -3.91. The van der Waals surface area contributed by atoms with Gasteiger partial charge in [0.25, 0.3) is 0 Å². The van der Waals surface area contributed by atoms with Crippen LogP contribution < -0.4 is 4.72 Å². The lowest BCUT2D eigenvalue weighted by molar-refractivity contribution is -0.340. The number of aliphatic hydroxyl groups is 2. The van der Waals surface area contributed by atoms with Gasteiger partial charge in [0.1, 0.15) is 24.4 Å². The molecule has 0 aromatic heterocycles. The zero-order valence-corrected chi connectivity index (χ0v) is 27.5. The van der Waals surface area contributed by atoms with Crippen LogP contribution in [0.15, 0.2) is 91.0 Å². The predicted octanol–water partition coefficient (Wildman–Crippen LogP) is 4.08. The third-order valence-electron chi connectivity index (χ3n) is 7.48. The van der Waals surface area contributed by atoms with Crippen LogP contribution in [0.25, 0.3) is 0 Å². The van der Waals surface area contributed by atoms with Crippen molar-refractivity contribution in [2.75, 3.05) is 19.0 Å². The Hall–Kier alpha value is -2.45. The van der Waals surface area contributed by atoms with Gasteiger partial charge in [-0.25, -0.2) is 13.1 Å². The van der Waals surface area contributed by atoms with Crippen LogP contribution in [-0.4, -0.2) is 75.8 Å². The summed E-state index contributed by atoms with van der Waals surface area (Å²) in [6.45, 7) is 5.98. The molecule has 44 heavy (non-hydrogen) atoms. The fourth-order valence-electron chi connectivity index (χ4n) is 4.97. The van der Waals surface area contributed by atoms with Crippen molar-refractivity contribution in [2.24, 2.45) is 0 Å². The molecule has 11 heteroatoms. The number of rotatable bonds is 16. The van der Waals surface area contributed by atoms with Gasteiger partial charge in [-0.05, 0) is 22.7 Å². The summed E-state index contributed by atoms with van der Waals surface area (Å²) >= 11 is 0. The SMILES string of the molecule is C[Si](C)(C)CCS(=O)(=O)N[C@H]1[C@@H](OCc2ccccc2)[C@H](OCc2ccccc2)[C@@H](COCc2ccccc2)O[C@@]1(O)CO. The summed E-state index contributed by atoms with van der Waals surface area (Å²) in [6.07, 6.45) is -2.81. The molecule has 1 heterocycles. The first-order chi connectivity index (χ1) is 21.0. The lowest BCUT2D eigenvalue weighted by atomic mass is 9.90. The quantitative estimate of drug-likeness (QED) is 0.200. The summed E-state index contributed by atoms with van der Waals surface area (Å²) in [5, 5.41) is 22.2. The molecule has 0 bridgehead atoms. The number of sulfonamides is 1. The molecule has 1 fully saturated rings. The highest BCUT2D eigenvalue weighted by molar-refractivity contribution is 7.89. The Morgan fingerprint density at radius 3 is 1.75 bits per heavy atom. The second kappa shape index (κ2) is 15.7. The van der Waals surface area contributed by atoms with Crippen LogP contribution in [0.1, 0.15) is 16.7 Å². The smallest absolute Gasteiger partial charge is 0.211 e. The van der Waals surface area contributed by atoms with Crippen molar-refractivity contribution in [1.29, 1.82) is 0 Å². The van der Waals surface area contributed by atoms with Crippen molar-refractivity contribution >= 4 is 18.1 Å². The van der Waals surface area contributed by atoms with Gasteiger partial charge in [0.05, 0.1) is 38.8 Å². The Kier molecular flexibility index (Phi) is 12.3. The van der Waals surface area contributed by atoms with Gasteiger partial charge in [0, 0.05) is 8.07 Å². The van der Waals surface area contributed by atoms with E-state index in [9.17, 15) is 18.6 Å². The lowest BCUT2D eigenvalue weighted by Crippen LogP contribution is -2.72. The average molecular weight is 644 g/mol. The van der Waals surface area contributed by atoms with E-state index in [-0.39, 0.29) is 32.2 Å².